The van der Waals surface area contributed by atoms with Crippen molar-refractivity contribution in [1.29, 1.82) is 0 Å². The first-order valence-corrected chi connectivity index (χ1v) is 16.9. The molecule has 0 spiro atoms. The average Bonchev–Trinajstić information content (AvgIpc) is 3.47. The molecular formula is C34H42FN7O5. The van der Waals surface area contributed by atoms with Gasteiger partial charge < -0.3 is 34.7 Å². The Kier molecular flexibility index (Phi) is 8.89. The number of aromatic amines is 1. The number of hydrogen-bond acceptors (Lipinski definition) is 6. The molecule has 250 valence electrons. The van der Waals surface area contributed by atoms with Gasteiger partial charge in [0.15, 0.2) is 5.58 Å². The smallest absolute Gasteiger partial charge is 0.408 e. The van der Waals surface area contributed by atoms with E-state index in [2.05, 4.69) is 20.5 Å². The summed E-state index contributed by atoms with van der Waals surface area (Å²) in [5.74, 6) is -1.11. The normalized spacial score (nSPS) is 20.6. The molecule has 3 aromatic rings. The highest BCUT2D eigenvalue weighted by atomic mass is 19.1. The monoisotopic (exact) mass is 647 g/mol. The molecule has 1 aromatic heterocycles. The van der Waals surface area contributed by atoms with E-state index in [9.17, 15) is 23.6 Å². The molecule has 1 atom stereocenters. The second kappa shape index (κ2) is 13.4. The van der Waals surface area contributed by atoms with Crippen molar-refractivity contribution >= 4 is 34.8 Å². The van der Waals surface area contributed by atoms with E-state index in [0.717, 1.165) is 37.1 Å². The Hall–Kier alpha value is -4.39. The summed E-state index contributed by atoms with van der Waals surface area (Å²) >= 11 is 0. The number of halogens is 1. The van der Waals surface area contributed by atoms with Crippen LogP contribution >= 0.6 is 0 Å². The number of carbonyl (C=O) groups excluding carboxylic acids is 3. The Morgan fingerprint density at radius 3 is 2.40 bits per heavy atom. The van der Waals surface area contributed by atoms with Crippen LogP contribution in [0.15, 0.2) is 45.6 Å². The van der Waals surface area contributed by atoms with Crippen molar-refractivity contribution in [3.8, 4) is 0 Å². The summed E-state index contributed by atoms with van der Waals surface area (Å²) in [5.41, 5.74) is 2.71. The van der Waals surface area contributed by atoms with Gasteiger partial charge in [-0.1, -0.05) is 24.6 Å². The van der Waals surface area contributed by atoms with E-state index in [4.69, 9.17) is 4.42 Å². The number of urea groups is 2. The summed E-state index contributed by atoms with van der Waals surface area (Å²) in [6, 6.07) is 9.02. The fraction of sp³-hybridized carbons (Fsp3) is 0.529. The number of nitrogens with one attached hydrogen (secondary N) is 3. The SMILES string of the molecule is O=C(NC(Cc1ccc2[nH]c(=O)oc2c1)C(=O)N1CCC(N2CCCCC2)CC1)N1CCC(N2Cc3cccc(F)c3NC2=O)CC1. The van der Waals surface area contributed by atoms with Gasteiger partial charge in [-0.15, -0.1) is 0 Å². The highest BCUT2D eigenvalue weighted by Crippen LogP contribution is 2.30. The predicted molar refractivity (Wildman–Crippen MR) is 173 cm³/mol. The van der Waals surface area contributed by atoms with E-state index in [0.29, 0.717) is 62.7 Å². The minimum absolute atomic E-state index is 0.100. The van der Waals surface area contributed by atoms with Crippen molar-refractivity contribution in [1.82, 2.24) is 29.9 Å². The van der Waals surface area contributed by atoms with Crippen LogP contribution in [0.3, 0.4) is 0 Å². The van der Waals surface area contributed by atoms with E-state index in [1.165, 1.54) is 25.3 Å². The third-order valence-electron chi connectivity index (χ3n) is 10.3. The van der Waals surface area contributed by atoms with Gasteiger partial charge in [0.25, 0.3) is 0 Å². The number of rotatable bonds is 6. The molecule has 13 heteroatoms. The third-order valence-corrected chi connectivity index (χ3v) is 10.3. The maximum absolute atomic E-state index is 14.2. The third kappa shape index (κ3) is 6.71. The molecule has 0 saturated carbocycles. The number of para-hydroxylation sites is 1. The fourth-order valence-corrected chi connectivity index (χ4v) is 7.70. The summed E-state index contributed by atoms with van der Waals surface area (Å²) in [7, 11) is 0. The highest BCUT2D eigenvalue weighted by Gasteiger charge is 2.36. The number of piperidine rings is 3. The number of oxazole rings is 1. The molecule has 47 heavy (non-hydrogen) atoms. The Morgan fingerprint density at radius 2 is 1.64 bits per heavy atom. The number of hydrogen-bond donors (Lipinski definition) is 3. The van der Waals surface area contributed by atoms with Crippen LogP contribution in [0.25, 0.3) is 11.1 Å². The van der Waals surface area contributed by atoms with Crippen molar-refractivity contribution in [2.75, 3.05) is 44.6 Å². The van der Waals surface area contributed by atoms with Gasteiger partial charge in [0.2, 0.25) is 5.91 Å². The van der Waals surface area contributed by atoms with Crippen LogP contribution in [0.2, 0.25) is 0 Å². The van der Waals surface area contributed by atoms with Crippen LogP contribution in [0, 0.1) is 5.82 Å². The molecule has 3 saturated heterocycles. The first-order chi connectivity index (χ1) is 22.8. The van der Waals surface area contributed by atoms with Crippen molar-refractivity contribution in [2.24, 2.45) is 0 Å². The van der Waals surface area contributed by atoms with E-state index < -0.39 is 17.6 Å². The zero-order valence-corrected chi connectivity index (χ0v) is 26.5. The molecular weight excluding hydrogens is 605 g/mol. The Morgan fingerprint density at radius 1 is 0.915 bits per heavy atom. The minimum Gasteiger partial charge on any atom is -0.408 e. The summed E-state index contributed by atoms with van der Waals surface area (Å²) in [6.45, 7) is 4.69. The number of carbonyl (C=O) groups is 3. The van der Waals surface area contributed by atoms with E-state index in [-0.39, 0.29) is 36.1 Å². The molecule has 4 aliphatic heterocycles. The molecule has 1 unspecified atom stereocenters. The van der Waals surface area contributed by atoms with E-state index in [1.807, 2.05) is 17.0 Å². The number of anilines is 1. The van der Waals surface area contributed by atoms with Gasteiger partial charge in [0.05, 0.1) is 11.2 Å². The first kappa shape index (κ1) is 31.2. The number of likely N-dealkylation sites (tertiary alicyclic amines) is 3. The predicted octanol–water partition coefficient (Wildman–Crippen LogP) is 3.87. The number of benzene rings is 2. The van der Waals surface area contributed by atoms with Crippen LogP contribution in [0.4, 0.5) is 19.7 Å². The molecule has 12 nitrogen and oxygen atoms in total. The van der Waals surface area contributed by atoms with Gasteiger partial charge >= 0.3 is 17.8 Å². The molecule has 7 rings (SSSR count). The van der Waals surface area contributed by atoms with Crippen LogP contribution in [-0.2, 0) is 17.8 Å². The number of aromatic nitrogens is 1. The number of fused-ring (bicyclic) bond motifs is 2. The standard InChI is InChI=1S/C34H42FN7O5/c35-26-6-4-5-23-21-42(33(45)38-30(23)26)25-11-17-41(18-12-25)32(44)36-28(19-22-7-8-27-29(20-22)47-34(46)37-27)31(43)40-15-9-24(10-16-40)39-13-2-1-3-14-39/h4-8,20,24-25,28H,1-3,9-19,21H2,(H,36,44)(H,37,46)(H,38,45). The van der Waals surface area contributed by atoms with E-state index >= 15 is 0 Å². The summed E-state index contributed by atoms with van der Waals surface area (Å²) < 4.78 is 19.5. The molecule has 4 aliphatic rings. The number of nitrogens with zero attached hydrogens (tertiary/aromatic N) is 4. The van der Waals surface area contributed by atoms with Crippen molar-refractivity contribution in [3.05, 3.63) is 63.9 Å². The summed E-state index contributed by atoms with van der Waals surface area (Å²) in [4.78, 5) is 62.7. The molecule has 2 aromatic carbocycles. The Balaban J connectivity index is 1.00. The Labute approximate surface area is 272 Å². The molecule has 5 heterocycles. The lowest BCUT2D eigenvalue weighted by Gasteiger charge is -2.42. The van der Waals surface area contributed by atoms with Gasteiger partial charge in [-0.25, -0.2) is 18.8 Å². The first-order valence-electron chi connectivity index (χ1n) is 16.9. The summed E-state index contributed by atoms with van der Waals surface area (Å²) in [5, 5.41) is 5.72. The second-order valence-electron chi connectivity index (χ2n) is 13.3. The molecule has 3 fully saturated rings. The summed E-state index contributed by atoms with van der Waals surface area (Å²) in [6.07, 6.45) is 6.97. The molecule has 5 amide bonds. The van der Waals surface area contributed by atoms with Gasteiger partial charge in [0.1, 0.15) is 11.9 Å². The van der Waals surface area contributed by atoms with Crippen LogP contribution in [0.5, 0.6) is 0 Å². The van der Waals surface area contributed by atoms with Gasteiger partial charge in [-0.2, -0.15) is 0 Å². The zero-order chi connectivity index (χ0) is 32.5. The second-order valence-corrected chi connectivity index (χ2v) is 13.3. The zero-order valence-electron chi connectivity index (χ0n) is 26.5. The van der Waals surface area contributed by atoms with Gasteiger partial charge in [-0.3, -0.25) is 9.78 Å². The van der Waals surface area contributed by atoms with Crippen molar-refractivity contribution < 1.29 is 23.2 Å². The largest absolute Gasteiger partial charge is 0.417 e. The van der Waals surface area contributed by atoms with Crippen LogP contribution < -0.4 is 16.4 Å². The maximum atomic E-state index is 14.2. The fourth-order valence-electron chi connectivity index (χ4n) is 7.70. The van der Waals surface area contributed by atoms with Crippen LogP contribution in [-0.4, -0.2) is 99.9 Å². The lowest BCUT2D eigenvalue weighted by atomic mass is 9.98. The van der Waals surface area contributed by atoms with Crippen molar-refractivity contribution in [3.63, 3.8) is 0 Å². The topological polar surface area (TPSA) is 134 Å². The van der Waals surface area contributed by atoms with Gasteiger partial charge in [-0.05, 0) is 80.9 Å². The number of amides is 5. The molecule has 0 bridgehead atoms. The highest BCUT2D eigenvalue weighted by molar-refractivity contribution is 5.93. The van der Waals surface area contributed by atoms with Crippen molar-refractivity contribution in [2.45, 2.75) is 76.0 Å². The van der Waals surface area contributed by atoms with Gasteiger partial charge in [0, 0.05) is 51.2 Å². The molecule has 3 N–H and O–H groups in total. The Bertz CT molecular complexity index is 1690. The maximum Gasteiger partial charge on any atom is 0.417 e. The molecule has 0 aliphatic carbocycles. The lowest BCUT2D eigenvalue weighted by molar-refractivity contribution is -0.134. The van der Waals surface area contributed by atoms with E-state index in [1.54, 1.807) is 28.0 Å². The van der Waals surface area contributed by atoms with Crippen LogP contribution in [0.1, 0.15) is 56.1 Å². The lowest BCUT2D eigenvalue weighted by Crippen LogP contribution is -2.57. The molecule has 0 radical (unpaired) electrons. The average molecular weight is 648 g/mol. The quantitative estimate of drug-likeness (QED) is 0.372. The minimum atomic E-state index is -0.797. The number of H-pyrrole nitrogens is 1.